The first-order valence-electron chi connectivity index (χ1n) is 6.16. The summed E-state index contributed by atoms with van der Waals surface area (Å²) in [7, 11) is 1.67. The van der Waals surface area contributed by atoms with Crippen LogP contribution in [0, 0.1) is 0 Å². The second-order valence-corrected chi connectivity index (χ2v) is 4.92. The van der Waals surface area contributed by atoms with Crippen LogP contribution in [0.2, 0.25) is 0 Å². The molecular weight excluding hydrogens is 258 g/mol. The highest BCUT2D eigenvalue weighted by Crippen LogP contribution is 2.32. The third-order valence-corrected chi connectivity index (χ3v) is 3.48. The quantitative estimate of drug-likeness (QED) is 0.821. The maximum atomic E-state index is 5.31. The average Bonchev–Trinajstić information content (AvgIpc) is 2.47. The minimum Gasteiger partial charge on any atom is -0.496 e. The maximum Gasteiger partial charge on any atom is 0.192 e. The van der Waals surface area contributed by atoms with E-state index in [0.717, 1.165) is 34.5 Å². The summed E-state index contributed by atoms with van der Waals surface area (Å²) in [6.07, 6.45) is 3.71. The molecule has 1 aromatic carbocycles. The Morgan fingerprint density at radius 2 is 1.95 bits per heavy atom. The van der Waals surface area contributed by atoms with Crippen LogP contribution in [0.15, 0.2) is 46.7 Å². The van der Waals surface area contributed by atoms with Gasteiger partial charge in [-0.3, -0.25) is 0 Å². The Morgan fingerprint density at radius 3 is 2.63 bits per heavy atom. The molecule has 2 rings (SSSR count). The summed E-state index contributed by atoms with van der Waals surface area (Å²) in [6.45, 7) is 3.82. The molecule has 0 unspecified atom stereocenters. The second kappa shape index (κ2) is 7.11. The molecule has 2 aromatic rings. The number of nitrogens with one attached hydrogen (secondary N) is 1. The van der Waals surface area contributed by atoms with Crippen LogP contribution in [-0.2, 0) is 6.54 Å². The lowest BCUT2D eigenvalue weighted by atomic mass is 10.3. The molecule has 0 aliphatic heterocycles. The summed E-state index contributed by atoms with van der Waals surface area (Å²) in [5.74, 6) is 0.841. The number of methoxy groups -OCH3 is 1. The first-order valence-corrected chi connectivity index (χ1v) is 6.97. The van der Waals surface area contributed by atoms with Gasteiger partial charge in [-0.05, 0) is 30.4 Å². The van der Waals surface area contributed by atoms with E-state index in [1.165, 1.54) is 11.8 Å². The Morgan fingerprint density at radius 1 is 1.21 bits per heavy atom. The number of rotatable bonds is 6. The highest BCUT2D eigenvalue weighted by molar-refractivity contribution is 7.99. The van der Waals surface area contributed by atoms with Gasteiger partial charge in [-0.1, -0.05) is 19.1 Å². The molecule has 0 atom stereocenters. The fourth-order valence-electron chi connectivity index (χ4n) is 1.56. The standard InChI is InChI=1S/C14H17N3OS/c1-3-15-8-11-9-16-14(17-10-11)19-13-7-5-4-6-12(13)18-2/h4-7,9-10,15H,3,8H2,1-2H3. The van der Waals surface area contributed by atoms with Gasteiger partial charge in [-0.15, -0.1) is 0 Å². The molecule has 0 spiro atoms. The van der Waals surface area contributed by atoms with Crippen LogP contribution in [0.3, 0.4) is 0 Å². The Kier molecular flexibility index (Phi) is 5.18. The monoisotopic (exact) mass is 275 g/mol. The number of aromatic nitrogens is 2. The van der Waals surface area contributed by atoms with Crippen LogP contribution in [0.1, 0.15) is 12.5 Å². The number of para-hydroxylation sites is 1. The zero-order chi connectivity index (χ0) is 13.5. The van der Waals surface area contributed by atoms with Crippen molar-refractivity contribution in [3.8, 4) is 5.75 Å². The lowest BCUT2D eigenvalue weighted by Crippen LogP contribution is -2.12. The van der Waals surface area contributed by atoms with Crippen molar-refractivity contribution in [3.63, 3.8) is 0 Å². The van der Waals surface area contributed by atoms with Crippen molar-refractivity contribution in [2.75, 3.05) is 13.7 Å². The van der Waals surface area contributed by atoms with E-state index in [4.69, 9.17) is 4.74 Å². The van der Waals surface area contributed by atoms with E-state index in [2.05, 4.69) is 22.2 Å². The van der Waals surface area contributed by atoms with E-state index in [1.54, 1.807) is 7.11 Å². The van der Waals surface area contributed by atoms with Gasteiger partial charge in [0.15, 0.2) is 5.16 Å². The number of benzene rings is 1. The van der Waals surface area contributed by atoms with E-state index >= 15 is 0 Å². The lowest BCUT2D eigenvalue weighted by molar-refractivity contribution is 0.405. The largest absolute Gasteiger partial charge is 0.496 e. The molecule has 0 aliphatic carbocycles. The number of hydrogen-bond acceptors (Lipinski definition) is 5. The zero-order valence-corrected chi connectivity index (χ0v) is 11.9. The van der Waals surface area contributed by atoms with Crippen LogP contribution in [0.4, 0.5) is 0 Å². The van der Waals surface area contributed by atoms with Crippen LogP contribution in [0.25, 0.3) is 0 Å². The molecule has 0 aliphatic rings. The molecule has 19 heavy (non-hydrogen) atoms. The van der Waals surface area contributed by atoms with Crippen molar-refractivity contribution in [1.29, 1.82) is 0 Å². The molecule has 1 aromatic heterocycles. The SMILES string of the molecule is CCNCc1cnc(Sc2ccccc2OC)nc1. The van der Waals surface area contributed by atoms with E-state index in [-0.39, 0.29) is 0 Å². The lowest BCUT2D eigenvalue weighted by Gasteiger charge is -2.07. The molecule has 1 N–H and O–H groups in total. The third-order valence-electron chi connectivity index (χ3n) is 2.53. The minimum absolute atomic E-state index is 0.727. The predicted octanol–water partition coefficient (Wildman–Crippen LogP) is 2.75. The van der Waals surface area contributed by atoms with Gasteiger partial charge in [-0.25, -0.2) is 9.97 Å². The molecule has 0 saturated heterocycles. The van der Waals surface area contributed by atoms with Gasteiger partial charge >= 0.3 is 0 Å². The van der Waals surface area contributed by atoms with Gasteiger partial charge in [0, 0.05) is 24.5 Å². The molecule has 0 saturated carbocycles. The van der Waals surface area contributed by atoms with Gasteiger partial charge in [0.25, 0.3) is 0 Å². The Balaban J connectivity index is 2.06. The van der Waals surface area contributed by atoms with E-state index in [9.17, 15) is 0 Å². The summed E-state index contributed by atoms with van der Waals surface area (Å²) in [6, 6.07) is 7.86. The van der Waals surface area contributed by atoms with Gasteiger partial charge in [-0.2, -0.15) is 0 Å². The maximum absolute atomic E-state index is 5.31. The zero-order valence-electron chi connectivity index (χ0n) is 11.1. The van der Waals surface area contributed by atoms with Crippen molar-refractivity contribution in [2.24, 2.45) is 0 Å². The fraction of sp³-hybridized carbons (Fsp3) is 0.286. The van der Waals surface area contributed by atoms with Crippen LogP contribution >= 0.6 is 11.8 Å². The summed E-state index contributed by atoms with van der Waals surface area (Å²) in [5, 5.41) is 3.97. The van der Waals surface area contributed by atoms with Gasteiger partial charge < -0.3 is 10.1 Å². The summed E-state index contributed by atoms with van der Waals surface area (Å²) >= 11 is 1.50. The highest BCUT2D eigenvalue weighted by atomic mass is 32.2. The van der Waals surface area contributed by atoms with E-state index in [1.807, 2.05) is 36.7 Å². The van der Waals surface area contributed by atoms with Crippen molar-refractivity contribution in [1.82, 2.24) is 15.3 Å². The van der Waals surface area contributed by atoms with Crippen LogP contribution in [-0.4, -0.2) is 23.6 Å². The molecule has 0 bridgehead atoms. The molecule has 1 heterocycles. The van der Waals surface area contributed by atoms with Crippen molar-refractivity contribution in [2.45, 2.75) is 23.5 Å². The molecule has 0 fully saturated rings. The molecular formula is C14H17N3OS. The van der Waals surface area contributed by atoms with Crippen molar-refractivity contribution < 1.29 is 4.74 Å². The molecule has 5 heteroatoms. The molecule has 0 amide bonds. The highest BCUT2D eigenvalue weighted by Gasteiger charge is 2.06. The van der Waals surface area contributed by atoms with Crippen molar-refractivity contribution >= 4 is 11.8 Å². The fourth-order valence-corrected chi connectivity index (χ4v) is 2.36. The van der Waals surface area contributed by atoms with E-state index in [0.29, 0.717) is 0 Å². The average molecular weight is 275 g/mol. The Hall–Kier alpha value is -1.59. The molecule has 4 nitrogen and oxygen atoms in total. The first kappa shape index (κ1) is 13.8. The topological polar surface area (TPSA) is 47.0 Å². The molecule has 100 valence electrons. The Labute approximate surface area is 117 Å². The summed E-state index contributed by atoms with van der Waals surface area (Å²) < 4.78 is 5.31. The minimum atomic E-state index is 0.727. The smallest absolute Gasteiger partial charge is 0.192 e. The van der Waals surface area contributed by atoms with E-state index < -0.39 is 0 Å². The van der Waals surface area contributed by atoms with Gasteiger partial charge in [0.1, 0.15) is 5.75 Å². The predicted molar refractivity (Wildman–Crippen MR) is 76.5 cm³/mol. The van der Waals surface area contributed by atoms with Gasteiger partial charge in [0.2, 0.25) is 0 Å². The number of hydrogen-bond donors (Lipinski definition) is 1. The second-order valence-electron chi connectivity index (χ2n) is 3.91. The van der Waals surface area contributed by atoms with Crippen molar-refractivity contribution in [3.05, 3.63) is 42.2 Å². The van der Waals surface area contributed by atoms with Crippen LogP contribution < -0.4 is 10.1 Å². The number of ether oxygens (including phenoxy) is 1. The first-order chi connectivity index (χ1) is 9.33. The third kappa shape index (κ3) is 3.94. The normalized spacial score (nSPS) is 10.4. The Bertz CT molecular complexity index is 516. The summed E-state index contributed by atoms with van der Waals surface area (Å²) in [4.78, 5) is 9.74. The van der Waals surface area contributed by atoms with Crippen LogP contribution in [0.5, 0.6) is 5.75 Å². The van der Waals surface area contributed by atoms with Gasteiger partial charge in [0.05, 0.1) is 12.0 Å². The number of nitrogens with zero attached hydrogens (tertiary/aromatic N) is 2. The summed E-state index contributed by atoms with van der Waals surface area (Å²) in [5.41, 5.74) is 1.09. The molecule has 0 radical (unpaired) electrons.